The van der Waals surface area contributed by atoms with Crippen molar-refractivity contribution in [2.75, 3.05) is 5.73 Å². The fourth-order valence-corrected chi connectivity index (χ4v) is 2.83. The van der Waals surface area contributed by atoms with Crippen LogP contribution in [0.5, 0.6) is 0 Å². The summed E-state index contributed by atoms with van der Waals surface area (Å²) in [6.45, 7) is 0. The molecule has 1 rings (SSSR count). The van der Waals surface area contributed by atoms with Gasteiger partial charge < -0.3 is 5.73 Å². The first-order valence-electron chi connectivity index (χ1n) is 9.58. The van der Waals surface area contributed by atoms with E-state index < -0.39 is 83.3 Å². The summed E-state index contributed by atoms with van der Waals surface area (Å²) in [5, 5.41) is 0. The lowest BCUT2D eigenvalue weighted by Crippen LogP contribution is -2.71. The third kappa shape index (κ3) is 5.29. The first-order chi connectivity index (χ1) is 17.6. The molecule has 240 valence electrons. The van der Waals surface area contributed by atoms with Gasteiger partial charge in [-0.1, -0.05) is 12.1 Å². The zero-order valence-corrected chi connectivity index (χ0v) is 18.5. The van der Waals surface area contributed by atoms with E-state index in [0.717, 1.165) is 0 Å². The predicted molar refractivity (Wildman–Crippen MR) is 89.9 cm³/mol. The minimum Gasteiger partial charge on any atom is -0.399 e. The van der Waals surface area contributed by atoms with Crippen molar-refractivity contribution in [3.8, 4) is 0 Å². The van der Waals surface area contributed by atoms with Crippen LogP contribution in [0.25, 0.3) is 0 Å². The van der Waals surface area contributed by atoms with E-state index in [1.54, 1.807) is 0 Å². The van der Waals surface area contributed by atoms with Crippen LogP contribution in [0.15, 0.2) is 24.3 Å². The van der Waals surface area contributed by atoms with Crippen LogP contribution < -0.4 is 5.73 Å². The van der Waals surface area contributed by atoms with Gasteiger partial charge in [0, 0.05) is 11.3 Å². The van der Waals surface area contributed by atoms with Crippen LogP contribution in [0.2, 0.25) is 0 Å². The third-order valence-electron chi connectivity index (χ3n) is 5.36. The molecule has 1 aromatic rings. The summed E-state index contributed by atoms with van der Waals surface area (Å²) in [6, 6.07) is -0.0753. The molecule has 0 aliphatic rings. The topological polar surface area (TPSA) is 26.0 Å². The van der Waals surface area contributed by atoms with E-state index in [1.807, 2.05) is 0 Å². The Kier molecular flexibility index (Phi) is 8.69. The standard InChI is InChI=1S/C18H9F22N/c19-8(12(25,26)10(21,22)5-9(20,17(35,36)37)18(38,39)40)13(27,28)15(31,32)16(33,34)14(29,30)11(23,24)6-1-3-7(41)4-2-6/h1-4,8H,5,41H2. The van der Waals surface area contributed by atoms with Crippen molar-refractivity contribution in [2.45, 2.75) is 72.1 Å². The number of benzene rings is 1. The maximum absolute atomic E-state index is 14.0. The van der Waals surface area contributed by atoms with Crippen molar-refractivity contribution < 1.29 is 96.6 Å². The second kappa shape index (κ2) is 9.76. The number of anilines is 1. The molecule has 0 heterocycles. The SMILES string of the molecule is Nc1ccc(C(F)(F)C(F)(F)C(F)(F)C(F)(F)C(F)(F)C(F)C(F)(F)C(F)(F)CC(F)(C(F)(F)F)C(F)(F)F)cc1. The molecule has 0 aromatic heterocycles. The molecule has 0 radical (unpaired) electrons. The van der Waals surface area contributed by atoms with Gasteiger partial charge in [-0.3, -0.25) is 0 Å². The number of nitrogens with two attached hydrogens (primary N) is 1. The first kappa shape index (κ1) is 36.5. The zero-order chi connectivity index (χ0) is 33.3. The number of hydrogen-bond donors (Lipinski definition) is 1. The molecule has 1 aromatic carbocycles. The molecule has 0 aliphatic carbocycles. The van der Waals surface area contributed by atoms with Crippen LogP contribution >= 0.6 is 0 Å². The highest BCUT2D eigenvalue weighted by Crippen LogP contribution is 2.63. The molecule has 0 fully saturated rings. The van der Waals surface area contributed by atoms with Crippen molar-refractivity contribution in [2.24, 2.45) is 0 Å². The average Bonchev–Trinajstić information content (AvgIpc) is 2.76. The van der Waals surface area contributed by atoms with E-state index in [0.29, 0.717) is 0 Å². The van der Waals surface area contributed by atoms with Gasteiger partial charge in [-0.2, -0.15) is 87.8 Å². The third-order valence-corrected chi connectivity index (χ3v) is 5.36. The molecular formula is C18H9F22N. The molecule has 1 atom stereocenters. The van der Waals surface area contributed by atoms with Crippen LogP contribution in [0, 0.1) is 0 Å². The van der Waals surface area contributed by atoms with Crippen molar-refractivity contribution in [3.63, 3.8) is 0 Å². The van der Waals surface area contributed by atoms with Gasteiger partial charge in [0.25, 0.3) is 0 Å². The van der Waals surface area contributed by atoms with Crippen molar-refractivity contribution in [1.82, 2.24) is 0 Å². The maximum atomic E-state index is 14.0. The lowest BCUT2D eigenvalue weighted by Gasteiger charge is -2.42. The Balaban J connectivity index is 3.68. The normalized spacial score (nSPS) is 16.6. The highest BCUT2D eigenvalue weighted by molar-refractivity contribution is 5.41. The van der Waals surface area contributed by atoms with E-state index in [1.165, 1.54) is 0 Å². The molecular weight excluding hydrogens is 648 g/mol. The van der Waals surface area contributed by atoms with Gasteiger partial charge in [0.1, 0.15) is 0 Å². The Morgan fingerprint density at radius 1 is 0.512 bits per heavy atom. The Morgan fingerprint density at radius 3 is 1.22 bits per heavy atom. The van der Waals surface area contributed by atoms with E-state index in [4.69, 9.17) is 5.73 Å². The number of rotatable bonds is 10. The van der Waals surface area contributed by atoms with Crippen molar-refractivity contribution in [3.05, 3.63) is 29.8 Å². The van der Waals surface area contributed by atoms with E-state index in [-0.39, 0.29) is 24.3 Å². The molecule has 1 nitrogen and oxygen atoms in total. The van der Waals surface area contributed by atoms with Crippen molar-refractivity contribution >= 4 is 5.69 Å². The lowest BCUT2D eigenvalue weighted by atomic mass is 9.85. The zero-order valence-electron chi connectivity index (χ0n) is 18.5. The van der Waals surface area contributed by atoms with Crippen LogP contribution in [-0.4, -0.2) is 59.7 Å². The number of halogens is 22. The van der Waals surface area contributed by atoms with E-state index in [2.05, 4.69) is 0 Å². The van der Waals surface area contributed by atoms with Crippen LogP contribution in [0.1, 0.15) is 12.0 Å². The Bertz CT molecular complexity index is 1050. The summed E-state index contributed by atoms with van der Waals surface area (Å²) < 4.78 is 296. The second-order valence-corrected chi connectivity index (χ2v) is 8.21. The number of alkyl halides is 22. The lowest BCUT2D eigenvalue weighted by molar-refractivity contribution is -0.423. The van der Waals surface area contributed by atoms with Crippen LogP contribution in [0.3, 0.4) is 0 Å². The first-order valence-corrected chi connectivity index (χ1v) is 9.58. The fourth-order valence-electron chi connectivity index (χ4n) is 2.83. The van der Waals surface area contributed by atoms with Gasteiger partial charge in [-0.25, -0.2) is 8.78 Å². The van der Waals surface area contributed by atoms with Gasteiger partial charge >= 0.3 is 59.5 Å². The summed E-state index contributed by atoms with van der Waals surface area (Å²) >= 11 is 0. The van der Waals surface area contributed by atoms with Gasteiger partial charge in [0.15, 0.2) is 0 Å². The van der Waals surface area contributed by atoms with Crippen LogP contribution in [0.4, 0.5) is 102 Å². The quantitative estimate of drug-likeness (QED) is 0.198. The predicted octanol–water partition coefficient (Wildman–Crippen LogP) is 8.73. The Hall–Kier alpha value is -2.52. The summed E-state index contributed by atoms with van der Waals surface area (Å²) in [6.07, 6.45) is -27.5. The van der Waals surface area contributed by atoms with Crippen molar-refractivity contribution in [1.29, 1.82) is 0 Å². The summed E-state index contributed by atoms with van der Waals surface area (Å²) in [7, 11) is 0. The smallest absolute Gasteiger partial charge is 0.399 e. The molecule has 0 saturated heterocycles. The molecule has 0 spiro atoms. The average molecular weight is 657 g/mol. The van der Waals surface area contributed by atoms with E-state index >= 15 is 0 Å². The van der Waals surface area contributed by atoms with Gasteiger partial charge in [-0.15, -0.1) is 0 Å². The molecule has 0 saturated carbocycles. The fraction of sp³-hybridized carbons (Fsp3) is 0.667. The number of hydrogen-bond acceptors (Lipinski definition) is 1. The maximum Gasteiger partial charge on any atom is 0.431 e. The molecule has 1 unspecified atom stereocenters. The Morgan fingerprint density at radius 2 is 0.878 bits per heavy atom. The molecule has 0 bridgehead atoms. The minimum atomic E-state index is -8.60. The van der Waals surface area contributed by atoms with Gasteiger partial charge in [0.2, 0.25) is 6.17 Å². The van der Waals surface area contributed by atoms with Gasteiger partial charge in [0.05, 0.1) is 6.42 Å². The molecule has 2 N–H and O–H groups in total. The molecule has 23 heteroatoms. The van der Waals surface area contributed by atoms with E-state index in [9.17, 15) is 96.6 Å². The largest absolute Gasteiger partial charge is 0.431 e. The highest BCUT2D eigenvalue weighted by atomic mass is 19.4. The molecule has 0 amide bonds. The molecule has 0 aliphatic heterocycles. The molecule has 41 heavy (non-hydrogen) atoms. The van der Waals surface area contributed by atoms with Crippen LogP contribution in [-0.2, 0) is 5.92 Å². The number of nitrogen functional groups attached to an aromatic ring is 1. The summed E-state index contributed by atoms with van der Waals surface area (Å²) in [5.74, 6) is -55.9. The monoisotopic (exact) mass is 657 g/mol. The summed E-state index contributed by atoms with van der Waals surface area (Å²) in [4.78, 5) is 0. The van der Waals surface area contributed by atoms with Gasteiger partial charge in [-0.05, 0) is 12.1 Å². The summed E-state index contributed by atoms with van der Waals surface area (Å²) in [5.41, 5.74) is -5.52. The minimum absolute atomic E-state index is 0.233. The highest BCUT2D eigenvalue weighted by Gasteiger charge is 2.90. The Labute approximate surface area is 211 Å². The second-order valence-electron chi connectivity index (χ2n) is 8.21.